The van der Waals surface area contributed by atoms with Crippen LogP contribution >= 0.6 is 0 Å². The van der Waals surface area contributed by atoms with E-state index in [4.69, 9.17) is 9.72 Å². The van der Waals surface area contributed by atoms with Gasteiger partial charge in [0.05, 0.1) is 29.9 Å². The highest BCUT2D eigenvalue weighted by molar-refractivity contribution is 5.89. The minimum Gasteiger partial charge on any atom is -0.466 e. The summed E-state index contributed by atoms with van der Waals surface area (Å²) >= 11 is 0. The van der Waals surface area contributed by atoms with E-state index in [1.165, 1.54) is 22.3 Å². The zero-order chi connectivity index (χ0) is 27.2. The van der Waals surface area contributed by atoms with Crippen molar-refractivity contribution in [2.24, 2.45) is 5.92 Å². The predicted octanol–water partition coefficient (Wildman–Crippen LogP) is 8.46. The summed E-state index contributed by atoms with van der Waals surface area (Å²) in [6.07, 6.45) is 8.53. The fourth-order valence-electron chi connectivity index (χ4n) is 5.47. The van der Waals surface area contributed by atoms with Crippen LogP contribution in [0.15, 0.2) is 60.9 Å². The standard InChI is InChI=1S/C34H42N2O2/c1-7-12-27(34(37)38-10-4)19-28-22-36(29-17-15-26(16-18-29)23(5)6)32-21-35-31(20-30(28)32)33-24(8-2)13-11-14-25(33)9-3/h11,13-18,20-23,27H,7-10,12,19H2,1-6H3. The molecular weight excluding hydrogens is 468 g/mol. The lowest BCUT2D eigenvalue weighted by molar-refractivity contribution is -0.148. The van der Waals surface area contributed by atoms with E-state index in [-0.39, 0.29) is 11.9 Å². The summed E-state index contributed by atoms with van der Waals surface area (Å²) in [4.78, 5) is 17.9. The molecule has 0 N–H and O–H groups in total. The molecule has 0 saturated heterocycles. The third kappa shape index (κ3) is 5.70. The summed E-state index contributed by atoms with van der Waals surface area (Å²) in [6.45, 7) is 13.2. The van der Waals surface area contributed by atoms with E-state index in [2.05, 4.69) is 93.9 Å². The Morgan fingerprint density at radius 2 is 1.63 bits per heavy atom. The van der Waals surface area contributed by atoms with Gasteiger partial charge in [-0.1, -0.05) is 71.4 Å². The number of nitrogens with zero attached hydrogens (tertiary/aromatic N) is 2. The maximum absolute atomic E-state index is 12.9. The molecule has 2 aromatic heterocycles. The molecule has 0 saturated carbocycles. The van der Waals surface area contributed by atoms with Gasteiger partial charge in [0, 0.05) is 22.8 Å². The third-order valence-corrected chi connectivity index (χ3v) is 7.59. The van der Waals surface area contributed by atoms with Crippen LogP contribution < -0.4 is 0 Å². The molecule has 2 heterocycles. The summed E-state index contributed by atoms with van der Waals surface area (Å²) in [6, 6.07) is 17.6. The molecule has 38 heavy (non-hydrogen) atoms. The van der Waals surface area contributed by atoms with Gasteiger partial charge in [0.25, 0.3) is 0 Å². The van der Waals surface area contributed by atoms with Crippen molar-refractivity contribution in [2.45, 2.75) is 79.6 Å². The average Bonchev–Trinajstić information content (AvgIpc) is 3.29. The number of benzene rings is 2. The number of hydrogen-bond donors (Lipinski definition) is 0. The monoisotopic (exact) mass is 510 g/mol. The van der Waals surface area contributed by atoms with Crippen molar-refractivity contribution in [3.8, 4) is 16.9 Å². The summed E-state index contributed by atoms with van der Waals surface area (Å²) in [5.41, 5.74) is 9.53. The van der Waals surface area contributed by atoms with Gasteiger partial charge in [-0.2, -0.15) is 0 Å². The average molecular weight is 511 g/mol. The van der Waals surface area contributed by atoms with E-state index in [0.717, 1.165) is 53.5 Å². The minimum absolute atomic E-state index is 0.101. The highest BCUT2D eigenvalue weighted by atomic mass is 16.5. The molecule has 0 radical (unpaired) electrons. The summed E-state index contributed by atoms with van der Waals surface area (Å²) < 4.78 is 7.69. The molecule has 200 valence electrons. The lowest BCUT2D eigenvalue weighted by Gasteiger charge is -2.15. The predicted molar refractivity (Wildman–Crippen MR) is 158 cm³/mol. The van der Waals surface area contributed by atoms with Gasteiger partial charge in [0.2, 0.25) is 0 Å². The van der Waals surface area contributed by atoms with Crippen LogP contribution in [0.1, 0.15) is 82.6 Å². The number of hydrogen-bond acceptors (Lipinski definition) is 3. The Labute approximate surface area is 228 Å². The number of aryl methyl sites for hydroxylation is 2. The Hall–Kier alpha value is -3.40. The van der Waals surface area contributed by atoms with E-state index in [9.17, 15) is 4.79 Å². The molecule has 0 amide bonds. The van der Waals surface area contributed by atoms with Gasteiger partial charge in [-0.25, -0.2) is 0 Å². The van der Waals surface area contributed by atoms with Crippen molar-refractivity contribution in [1.82, 2.24) is 9.55 Å². The molecule has 4 rings (SSSR count). The molecule has 1 atom stereocenters. The number of carbonyl (C=O) groups excluding carboxylic acids is 1. The fraction of sp³-hybridized carbons (Fsp3) is 0.412. The number of carbonyl (C=O) groups is 1. The van der Waals surface area contributed by atoms with Crippen LogP contribution in [-0.4, -0.2) is 22.1 Å². The van der Waals surface area contributed by atoms with Crippen molar-refractivity contribution in [1.29, 1.82) is 0 Å². The first-order chi connectivity index (χ1) is 18.4. The lowest BCUT2D eigenvalue weighted by Crippen LogP contribution is -2.20. The molecule has 4 aromatic rings. The maximum Gasteiger partial charge on any atom is 0.309 e. The van der Waals surface area contributed by atoms with Crippen LogP contribution in [0, 0.1) is 5.92 Å². The molecule has 2 aromatic carbocycles. The van der Waals surface area contributed by atoms with E-state index in [0.29, 0.717) is 18.9 Å². The van der Waals surface area contributed by atoms with Gasteiger partial charge in [0.1, 0.15) is 0 Å². The van der Waals surface area contributed by atoms with Crippen molar-refractivity contribution < 1.29 is 9.53 Å². The highest BCUT2D eigenvalue weighted by Gasteiger charge is 2.23. The second kappa shape index (κ2) is 12.4. The molecular formula is C34H42N2O2. The van der Waals surface area contributed by atoms with Crippen LogP contribution in [0.2, 0.25) is 0 Å². The van der Waals surface area contributed by atoms with Gasteiger partial charge in [0.15, 0.2) is 0 Å². The lowest BCUT2D eigenvalue weighted by atomic mass is 9.92. The summed E-state index contributed by atoms with van der Waals surface area (Å²) in [5.74, 6) is 0.222. The van der Waals surface area contributed by atoms with E-state index < -0.39 is 0 Å². The maximum atomic E-state index is 12.9. The van der Waals surface area contributed by atoms with Gasteiger partial charge in [-0.3, -0.25) is 9.78 Å². The Bertz CT molecular complexity index is 1360. The van der Waals surface area contributed by atoms with Crippen LogP contribution in [0.4, 0.5) is 0 Å². The second-order valence-corrected chi connectivity index (χ2v) is 10.5. The van der Waals surface area contributed by atoms with E-state index in [1.807, 2.05) is 13.1 Å². The number of rotatable bonds is 11. The first-order valence-electron chi connectivity index (χ1n) is 14.3. The first kappa shape index (κ1) is 27.6. The fourth-order valence-corrected chi connectivity index (χ4v) is 5.47. The van der Waals surface area contributed by atoms with Crippen molar-refractivity contribution in [3.05, 3.63) is 83.2 Å². The quantitative estimate of drug-likeness (QED) is 0.190. The van der Waals surface area contributed by atoms with Gasteiger partial charge < -0.3 is 9.30 Å². The van der Waals surface area contributed by atoms with Crippen LogP contribution in [0.25, 0.3) is 27.8 Å². The van der Waals surface area contributed by atoms with Gasteiger partial charge >= 0.3 is 5.97 Å². The highest BCUT2D eigenvalue weighted by Crippen LogP contribution is 2.34. The molecule has 4 heteroatoms. The molecule has 0 aliphatic carbocycles. The number of fused-ring (bicyclic) bond motifs is 1. The minimum atomic E-state index is -0.159. The Morgan fingerprint density at radius 1 is 0.947 bits per heavy atom. The smallest absolute Gasteiger partial charge is 0.309 e. The number of esters is 1. The van der Waals surface area contributed by atoms with Crippen molar-refractivity contribution in [3.63, 3.8) is 0 Å². The van der Waals surface area contributed by atoms with Crippen LogP contribution in [0.3, 0.4) is 0 Å². The molecule has 0 bridgehead atoms. The molecule has 0 aliphatic heterocycles. The summed E-state index contributed by atoms with van der Waals surface area (Å²) in [5, 5.41) is 1.15. The Balaban J connectivity index is 1.89. The zero-order valence-electron chi connectivity index (χ0n) is 23.9. The van der Waals surface area contributed by atoms with Gasteiger partial charge in [-0.05, 0) is 79.0 Å². The third-order valence-electron chi connectivity index (χ3n) is 7.59. The summed E-state index contributed by atoms with van der Waals surface area (Å²) in [7, 11) is 0. The first-order valence-corrected chi connectivity index (χ1v) is 14.3. The van der Waals surface area contributed by atoms with Crippen molar-refractivity contribution in [2.75, 3.05) is 6.61 Å². The van der Waals surface area contributed by atoms with Crippen LogP contribution in [-0.2, 0) is 28.8 Å². The molecule has 4 nitrogen and oxygen atoms in total. The normalized spacial score (nSPS) is 12.3. The van der Waals surface area contributed by atoms with Crippen molar-refractivity contribution >= 4 is 16.9 Å². The van der Waals surface area contributed by atoms with E-state index in [1.54, 1.807) is 0 Å². The zero-order valence-corrected chi connectivity index (χ0v) is 23.9. The topological polar surface area (TPSA) is 44.1 Å². The van der Waals surface area contributed by atoms with Crippen LogP contribution in [0.5, 0.6) is 0 Å². The van der Waals surface area contributed by atoms with E-state index >= 15 is 0 Å². The largest absolute Gasteiger partial charge is 0.466 e. The second-order valence-electron chi connectivity index (χ2n) is 10.5. The molecule has 0 aliphatic rings. The Morgan fingerprint density at radius 3 is 2.21 bits per heavy atom. The molecule has 1 unspecified atom stereocenters. The van der Waals surface area contributed by atoms with Gasteiger partial charge in [-0.15, -0.1) is 0 Å². The number of pyridine rings is 1. The SMILES string of the molecule is CCCC(Cc1cn(-c2ccc(C(C)C)cc2)c2cnc(-c3c(CC)cccc3CC)cc12)C(=O)OCC. The molecule has 0 fully saturated rings. The number of aromatic nitrogens is 2. The molecule has 0 spiro atoms. The Kier molecular flexibility index (Phi) is 9.04. The number of ether oxygens (including phenoxy) is 1.